The van der Waals surface area contributed by atoms with Crippen LogP contribution in [0.15, 0.2) is 118 Å². The largest absolute Gasteiger partial charge is 0.427 e. The van der Waals surface area contributed by atoms with Crippen molar-refractivity contribution in [2.75, 3.05) is 0 Å². The molecular weight excluding hydrogens is 624 g/mol. The Morgan fingerprint density at radius 1 is 0.420 bits per heavy atom. The summed E-state index contributed by atoms with van der Waals surface area (Å²) in [5.74, 6) is 0.519. The molecule has 262 valence electrons. The molecule has 0 aliphatic carbocycles. The molecular formula is C42H50N4O4. The number of ether oxygens (including phenoxy) is 2. The Hall–Kier alpha value is -4.98. The fourth-order valence-corrected chi connectivity index (χ4v) is 5.22. The maximum atomic E-state index is 12.3. The van der Waals surface area contributed by atoms with Crippen molar-refractivity contribution < 1.29 is 19.1 Å². The average Bonchev–Trinajstić information content (AvgIpc) is 3.14. The molecule has 0 saturated heterocycles. The van der Waals surface area contributed by atoms with Crippen LogP contribution in [0.5, 0.6) is 11.5 Å². The van der Waals surface area contributed by atoms with Gasteiger partial charge in [0.15, 0.2) is 0 Å². The van der Waals surface area contributed by atoms with Gasteiger partial charge in [-0.05, 0) is 122 Å². The van der Waals surface area contributed by atoms with Crippen LogP contribution in [0.3, 0.4) is 0 Å². The molecule has 0 aliphatic rings. The molecule has 0 bridgehead atoms. The van der Waals surface area contributed by atoms with E-state index in [1.807, 2.05) is 24.3 Å². The summed E-state index contributed by atoms with van der Waals surface area (Å²) in [5.41, 5.74) is 5.62. The lowest BCUT2D eigenvalue weighted by atomic mass is 10.1. The van der Waals surface area contributed by atoms with Crippen LogP contribution < -0.4 is 9.47 Å². The number of carbonyl (C=O) groups is 2. The molecule has 0 aliphatic heterocycles. The summed E-state index contributed by atoms with van der Waals surface area (Å²) in [7, 11) is 0. The molecule has 0 aromatic heterocycles. The fraction of sp³-hybridized carbons (Fsp3) is 0.381. The summed E-state index contributed by atoms with van der Waals surface area (Å²) in [4.78, 5) is 24.6. The number of azo groups is 2. The minimum absolute atomic E-state index is 0.242. The van der Waals surface area contributed by atoms with Gasteiger partial charge in [0.1, 0.15) is 11.5 Å². The second-order valence-corrected chi connectivity index (χ2v) is 12.5. The van der Waals surface area contributed by atoms with Gasteiger partial charge in [0.25, 0.3) is 0 Å². The SMILES string of the molecule is CCCCc1ccc(N=Nc2ccc(OC(=O)CCCCCCCCC(=O)Oc3ccc(N=Nc4ccc(CCCC)cc4)cc3)cc2)cc1. The first-order chi connectivity index (χ1) is 24.5. The molecule has 0 N–H and O–H groups in total. The summed E-state index contributed by atoms with van der Waals surface area (Å²) < 4.78 is 11.0. The molecule has 50 heavy (non-hydrogen) atoms. The van der Waals surface area contributed by atoms with Crippen molar-refractivity contribution in [3.8, 4) is 11.5 Å². The summed E-state index contributed by atoms with van der Waals surface area (Å²) in [5, 5.41) is 17.2. The predicted octanol–water partition coefficient (Wildman–Crippen LogP) is 12.8. The van der Waals surface area contributed by atoms with Gasteiger partial charge in [0.05, 0.1) is 22.7 Å². The second-order valence-electron chi connectivity index (χ2n) is 12.5. The number of benzene rings is 4. The quantitative estimate of drug-likeness (QED) is 0.0380. The number of unbranched alkanes of at least 4 members (excludes halogenated alkanes) is 7. The van der Waals surface area contributed by atoms with Crippen molar-refractivity contribution in [3.05, 3.63) is 108 Å². The molecule has 0 amide bonds. The first-order valence-corrected chi connectivity index (χ1v) is 18.1. The third kappa shape index (κ3) is 14.6. The Morgan fingerprint density at radius 2 is 0.720 bits per heavy atom. The Labute approximate surface area is 297 Å². The molecule has 0 heterocycles. The van der Waals surface area contributed by atoms with E-state index in [1.165, 1.54) is 36.8 Å². The van der Waals surface area contributed by atoms with E-state index in [0.717, 1.165) is 62.7 Å². The summed E-state index contributed by atoms with van der Waals surface area (Å²) in [6.07, 6.45) is 13.0. The second kappa shape index (κ2) is 21.9. The Kier molecular flexibility index (Phi) is 16.6. The van der Waals surface area contributed by atoms with Crippen molar-refractivity contribution in [1.29, 1.82) is 0 Å². The highest BCUT2D eigenvalue weighted by Crippen LogP contribution is 2.24. The molecule has 0 fully saturated rings. The van der Waals surface area contributed by atoms with Crippen molar-refractivity contribution in [2.24, 2.45) is 20.5 Å². The summed E-state index contributed by atoms with van der Waals surface area (Å²) in [6, 6.07) is 30.4. The van der Waals surface area contributed by atoms with Crippen LogP contribution >= 0.6 is 0 Å². The van der Waals surface area contributed by atoms with E-state index in [2.05, 4.69) is 58.6 Å². The van der Waals surface area contributed by atoms with Crippen molar-refractivity contribution in [3.63, 3.8) is 0 Å². The minimum Gasteiger partial charge on any atom is -0.427 e. The standard InChI is InChI=1S/C42H50N4O4/c1-3-5-13-33-17-21-35(22-18-33)43-45-37-25-29-39(30-26-37)49-41(47)15-11-9-7-8-10-12-16-42(48)50-40-31-27-38(28-32-40)46-44-36-23-19-34(20-24-36)14-6-4-2/h17-32H,3-16H2,1-2H3. The van der Waals surface area contributed by atoms with E-state index < -0.39 is 0 Å². The van der Waals surface area contributed by atoms with Crippen LogP contribution in [0.2, 0.25) is 0 Å². The van der Waals surface area contributed by atoms with Crippen molar-refractivity contribution >= 4 is 34.7 Å². The molecule has 0 saturated carbocycles. The lowest BCUT2D eigenvalue weighted by Gasteiger charge is -2.06. The van der Waals surface area contributed by atoms with Gasteiger partial charge in [-0.1, -0.05) is 76.6 Å². The van der Waals surface area contributed by atoms with E-state index in [-0.39, 0.29) is 11.9 Å². The summed E-state index contributed by atoms with van der Waals surface area (Å²) in [6.45, 7) is 4.38. The number of aryl methyl sites for hydroxylation is 2. The molecule has 4 aromatic rings. The van der Waals surface area contributed by atoms with Crippen LogP contribution in [0.4, 0.5) is 22.7 Å². The first-order valence-electron chi connectivity index (χ1n) is 18.1. The van der Waals surface area contributed by atoms with Crippen LogP contribution in [0, 0.1) is 0 Å². The molecule has 4 rings (SSSR count). The zero-order chi connectivity index (χ0) is 35.2. The van der Waals surface area contributed by atoms with Gasteiger partial charge in [-0.15, -0.1) is 0 Å². The van der Waals surface area contributed by atoms with E-state index in [0.29, 0.717) is 35.7 Å². The van der Waals surface area contributed by atoms with E-state index in [9.17, 15) is 9.59 Å². The molecule has 0 spiro atoms. The van der Waals surface area contributed by atoms with Gasteiger partial charge in [-0.25, -0.2) is 0 Å². The highest BCUT2D eigenvalue weighted by atomic mass is 16.5. The third-order valence-corrected chi connectivity index (χ3v) is 8.22. The summed E-state index contributed by atoms with van der Waals surface area (Å²) >= 11 is 0. The van der Waals surface area contributed by atoms with Gasteiger partial charge >= 0.3 is 11.9 Å². The van der Waals surface area contributed by atoms with Crippen LogP contribution in [0.1, 0.15) is 102 Å². The van der Waals surface area contributed by atoms with Gasteiger partial charge < -0.3 is 9.47 Å². The van der Waals surface area contributed by atoms with Crippen LogP contribution in [-0.2, 0) is 22.4 Å². The molecule has 0 atom stereocenters. The maximum Gasteiger partial charge on any atom is 0.311 e. The lowest BCUT2D eigenvalue weighted by Crippen LogP contribution is -2.07. The molecule has 0 unspecified atom stereocenters. The predicted molar refractivity (Wildman–Crippen MR) is 200 cm³/mol. The average molecular weight is 675 g/mol. The topological polar surface area (TPSA) is 102 Å². The first kappa shape index (κ1) is 37.8. The Balaban J connectivity index is 1.02. The van der Waals surface area contributed by atoms with E-state index in [4.69, 9.17) is 9.47 Å². The zero-order valence-corrected chi connectivity index (χ0v) is 29.6. The van der Waals surface area contributed by atoms with Gasteiger partial charge in [-0.3, -0.25) is 9.59 Å². The highest BCUT2D eigenvalue weighted by Gasteiger charge is 2.07. The number of carbonyl (C=O) groups excluding carboxylic acids is 2. The van der Waals surface area contributed by atoms with Crippen LogP contribution in [-0.4, -0.2) is 11.9 Å². The minimum atomic E-state index is -0.242. The smallest absolute Gasteiger partial charge is 0.311 e. The highest BCUT2D eigenvalue weighted by molar-refractivity contribution is 5.73. The number of esters is 2. The maximum absolute atomic E-state index is 12.3. The Morgan fingerprint density at radius 3 is 1.04 bits per heavy atom. The van der Waals surface area contributed by atoms with E-state index >= 15 is 0 Å². The Bertz CT molecular complexity index is 1510. The van der Waals surface area contributed by atoms with Gasteiger partial charge in [0.2, 0.25) is 0 Å². The van der Waals surface area contributed by atoms with Crippen molar-refractivity contribution in [1.82, 2.24) is 0 Å². The monoisotopic (exact) mass is 674 g/mol. The fourth-order valence-electron chi connectivity index (χ4n) is 5.22. The van der Waals surface area contributed by atoms with Crippen LogP contribution in [0.25, 0.3) is 0 Å². The number of hydrogen-bond acceptors (Lipinski definition) is 8. The zero-order valence-electron chi connectivity index (χ0n) is 29.6. The van der Waals surface area contributed by atoms with Gasteiger partial charge in [0, 0.05) is 12.8 Å². The van der Waals surface area contributed by atoms with E-state index in [1.54, 1.807) is 48.5 Å². The molecule has 8 nitrogen and oxygen atoms in total. The van der Waals surface area contributed by atoms with Gasteiger partial charge in [-0.2, -0.15) is 20.5 Å². The number of rotatable bonds is 21. The molecule has 4 aromatic carbocycles. The van der Waals surface area contributed by atoms with Crippen molar-refractivity contribution in [2.45, 2.75) is 104 Å². The number of nitrogens with zero attached hydrogens (tertiary/aromatic N) is 4. The number of hydrogen-bond donors (Lipinski definition) is 0. The third-order valence-electron chi connectivity index (χ3n) is 8.22. The normalized spacial score (nSPS) is 11.3. The lowest BCUT2D eigenvalue weighted by molar-refractivity contribution is -0.135. The molecule has 8 heteroatoms. The molecule has 0 radical (unpaired) electrons.